The van der Waals surface area contributed by atoms with Crippen LogP contribution in [0.5, 0.6) is 0 Å². The van der Waals surface area contributed by atoms with E-state index < -0.39 is 18.0 Å². The van der Waals surface area contributed by atoms with Crippen LogP contribution in [-0.4, -0.2) is 45.0 Å². The van der Waals surface area contributed by atoms with Gasteiger partial charge in [0.1, 0.15) is 16.4 Å². The van der Waals surface area contributed by atoms with Gasteiger partial charge in [-0.25, -0.2) is 4.98 Å². The fourth-order valence-electron chi connectivity index (χ4n) is 2.49. The number of carbonyl (C=O) groups is 1. The molecule has 1 aliphatic heterocycles. The molecule has 2 aromatic heterocycles. The third kappa shape index (κ3) is 3.49. The van der Waals surface area contributed by atoms with E-state index in [0.29, 0.717) is 23.7 Å². The Kier molecular flexibility index (Phi) is 4.29. The van der Waals surface area contributed by atoms with Crippen molar-refractivity contribution in [1.29, 1.82) is 0 Å². The van der Waals surface area contributed by atoms with Gasteiger partial charge in [-0.2, -0.15) is 13.2 Å². The van der Waals surface area contributed by atoms with Crippen molar-refractivity contribution in [3.05, 3.63) is 29.7 Å². The molecular formula is C14H13F3N4OS. The second-order valence-electron chi connectivity index (χ2n) is 5.26. The number of piperidine rings is 1. The fourth-order valence-corrected chi connectivity index (χ4v) is 3.24. The van der Waals surface area contributed by atoms with Crippen LogP contribution >= 0.6 is 11.3 Å². The molecule has 0 unspecified atom stereocenters. The van der Waals surface area contributed by atoms with Crippen molar-refractivity contribution >= 4 is 17.2 Å². The molecular weight excluding hydrogens is 329 g/mol. The summed E-state index contributed by atoms with van der Waals surface area (Å²) >= 11 is 1.22. The maximum atomic E-state index is 12.8. The summed E-state index contributed by atoms with van der Waals surface area (Å²) in [6.07, 6.45) is 0.691. The lowest BCUT2D eigenvalue weighted by Crippen LogP contribution is -2.44. The van der Waals surface area contributed by atoms with Crippen molar-refractivity contribution in [3.63, 3.8) is 0 Å². The van der Waals surface area contributed by atoms with Gasteiger partial charge in [-0.15, -0.1) is 11.3 Å². The third-order valence-corrected chi connectivity index (χ3v) is 4.54. The average molecular weight is 342 g/mol. The Hall–Kier alpha value is -2.03. The van der Waals surface area contributed by atoms with Crippen molar-refractivity contribution in [2.45, 2.75) is 19.0 Å². The van der Waals surface area contributed by atoms with Gasteiger partial charge in [-0.3, -0.25) is 14.8 Å². The second kappa shape index (κ2) is 6.23. The second-order valence-corrected chi connectivity index (χ2v) is 6.12. The van der Waals surface area contributed by atoms with Crippen LogP contribution in [0.2, 0.25) is 0 Å². The minimum Gasteiger partial charge on any atom is -0.337 e. The molecule has 0 bridgehead atoms. The average Bonchev–Trinajstić information content (AvgIpc) is 3.04. The first kappa shape index (κ1) is 15.9. The maximum Gasteiger partial charge on any atom is 0.393 e. The molecule has 0 N–H and O–H groups in total. The SMILES string of the molecule is O=C(c1csc(-c2cnccn2)n1)N1CCC[C@@H](C(F)(F)F)C1. The van der Waals surface area contributed by atoms with Crippen molar-refractivity contribution < 1.29 is 18.0 Å². The third-order valence-electron chi connectivity index (χ3n) is 3.68. The van der Waals surface area contributed by atoms with E-state index in [9.17, 15) is 18.0 Å². The highest BCUT2D eigenvalue weighted by atomic mass is 32.1. The van der Waals surface area contributed by atoms with Gasteiger partial charge < -0.3 is 4.90 Å². The summed E-state index contributed by atoms with van der Waals surface area (Å²) < 4.78 is 38.5. The van der Waals surface area contributed by atoms with E-state index in [1.807, 2.05) is 0 Å². The summed E-state index contributed by atoms with van der Waals surface area (Å²) in [7, 11) is 0. The van der Waals surface area contributed by atoms with E-state index >= 15 is 0 Å². The van der Waals surface area contributed by atoms with Crippen LogP contribution in [0, 0.1) is 5.92 Å². The zero-order valence-corrected chi connectivity index (χ0v) is 12.8. The van der Waals surface area contributed by atoms with Gasteiger partial charge >= 0.3 is 6.18 Å². The molecule has 23 heavy (non-hydrogen) atoms. The smallest absolute Gasteiger partial charge is 0.337 e. The lowest BCUT2D eigenvalue weighted by molar-refractivity contribution is -0.184. The van der Waals surface area contributed by atoms with Crippen molar-refractivity contribution in [2.24, 2.45) is 5.92 Å². The minimum atomic E-state index is -4.27. The Morgan fingerprint density at radius 2 is 2.17 bits per heavy atom. The molecule has 0 aliphatic carbocycles. The summed E-state index contributed by atoms with van der Waals surface area (Å²) in [5, 5.41) is 2.06. The number of rotatable bonds is 2. The Labute approximate surface area is 134 Å². The Bertz CT molecular complexity index is 689. The summed E-state index contributed by atoms with van der Waals surface area (Å²) in [4.78, 5) is 25.8. The molecule has 1 amide bonds. The Morgan fingerprint density at radius 3 is 2.87 bits per heavy atom. The van der Waals surface area contributed by atoms with E-state index in [1.165, 1.54) is 34.8 Å². The zero-order chi connectivity index (χ0) is 16.4. The first-order chi connectivity index (χ1) is 10.9. The van der Waals surface area contributed by atoms with Crippen LogP contribution in [0.4, 0.5) is 13.2 Å². The largest absolute Gasteiger partial charge is 0.393 e. The van der Waals surface area contributed by atoms with Crippen molar-refractivity contribution in [3.8, 4) is 10.7 Å². The van der Waals surface area contributed by atoms with Crippen molar-refractivity contribution in [2.75, 3.05) is 13.1 Å². The quantitative estimate of drug-likeness (QED) is 0.842. The Morgan fingerprint density at radius 1 is 1.35 bits per heavy atom. The number of likely N-dealkylation sites (tertiary alicyclic amines) is 1. The molecule has 3 heterocycles. The molecule has 122 valence electrons. The highest BCUT2D eigenvalue weighted by molar-refractivity contribution is 7.13. The zero-order valence-electron chi connectivity index (χ0n) is 12.0. The summed E-state index contributed by atoms with van der Waals surface area (Å²) in [5.74, 6) is -1.93. The van der Waals surface area contributed by atoms with Crippen LogP contribution in [0.25, 0.3) is 10.7 Å². The minimum absolute atomic E-state index is 0.0647. The van der Waals surface area contributed by atoms with E-state index in [4.69, 9.17) is 0 Å². The maximum absolute atomic E-state index is 12.8. The molecule has 1 saturated heterocycles. The molecule has 0 spiro atoms. The monoisotopic (exact) mass is 342 g/mol. The number of alkyl halides is 3. The number of hydrogen-bond donors (Lipinski definition) is 0. The number of halogens is 3. The molecule has 1 atom stereocenters. The highest BCUT2D eigenvalue weighted by Crippen LogP contribution is 2.33. The fraction of sp³-hybridized carbons (Fsp3) is 0.429. The van der Waals surface area contributed by atoms with Crippen molar-refractivity contribution in [1.82, 2.24) is 19.9 Å². The molecule has 1 fully saturated rings. The first-order valence-electron chi connectivity index (χ1n) is 7.03. The van der Waals surface area contributed by atoms with Gasteiger partial charge in [0.05, 0.1) is 12.1 Å². The van der Waals surface area contributed by atoms with E-state index in [1.54, 1.807) is 5.38 Å². The van der Waals surface area contributed by atoms with Gasteiger partial charge in [0.25, 0.3) is 5.91 Å². The van der Waals surface area contributed by atoms with Gasteiger partial charge in [0.15, 0.2) is 0 Å². The molecule has 0 radical (unpaired) electrons. The van der Waals surface area contributed by atoms with E-state index in [-0.39, 0.29) is 18.7 Å². The summed E-state index contributed by atoms with van der Waals surface area (Å²) in [6, 6.07) is 0. The highest BCUT2D eigenvalue weighted by Gasteiger charge is 2.43. The van der Waals surface area contributed by atoms with Crippen LogP contribution in [0.1, 0.15) is 23.3 Å². The predicted octanol–water partition coefficient (Wildman–Crippen LogP) is 3.01. The topological polar surface area (TPSA) is 59.0 Å². The summed E-state index contributed by atoms with van der Waals surface area (Å²) in [5.41, 5.74) is 0.682. The number of aromatic nitrogens is 3. The van der Waals surface area contributed by atoms with Crippen LogP contribution in [0.15, 0.2) is 24.0 Å². The number of amides is 1. The van der Waals surface area contributed by atoms with Gasteiger partial charge in [0.2, 0.25) is 0 Å². The summed E-state index contributed by atoms with van der Waals surface area (Å²) in [6.45, 7) is 0.0176. The lowest BCUT2D eigenvalue weighted by atomic mass is 9.97. The number of hydrogen-bond acceptors (Lipinski definition) is 5. The molecule has 9 heteroatoms. The molecule has 0 saturated carbocycles. The molecule has 0 aromatic carbocycles. The first-order valence-corrected chi connectivity index (χ1v) is 7.91. The molecule has 1 aliphatic rings. The van der Waals surface area contributed by atoms with E-state index in [2.05, 4.69) is 15.0 Å². The van der Waals surface area contributed by atoms with Crippen LogP contribution < -0.4 is 0 Å². The van der Waals surface area contributed by atoms with Gasteiger partial charge in [-0.05, 0) is 12.8 Å². The lowest BCUT2D eigenvalue weighted by Gasteiger charge is -2.33. The number of thiazole rings is 1. The normalized spacial score (nSPS) is 18.9. The van der Waals surface area contributed by atoms with E-state index in [0.717, 1.165) is 0 Å². The number of nitrogens with zero attached hydrogens (tertiary/aromatic N) is 4. The molecule has 2 aromatic rings. The van der Waals surface area contributed by atoms with Crippen LogP contribution in [-0.2, 0) is 0 Å². The Balaban J connectivity index is 1.75. The number of carbonyl (C=O) groups excluding carboxylic acids is 1. The predicted molar refractivity (Wildman–Crippen MR) is 77.8 cm³/mol. The standard InChI is InChI=1S/C14H13F3N4OS/c15-14(16,17)9-2-1-5-21(7-9)13(22)11-8-23-12(20-11)10-6-18-3-4-19-10/h3-4,6,8-9H,1-2,5,7H2/t9-/m1/s1. The van der Waals surface area contributed by atoms with Gasteiger partial charge in [0, 0.05) is 30.9 Å². The van der Waals surface area contributed by atoms with Crippen LogP contribution in [0.3, 0.4) is 0 Å². The molecule has 3 rings (SSSR count). The van der Waals surface area contributed by atoms with Gasteiger partial charge in [-0.1, -0.05) is 0 Å². The molecule has 5 nitrogen and oxygen atoms in total.